The topological polar surface area (TPSA) is 75.4 Å². The predicted octanol–water partition coefficient (Wildman–Crippen LogP) is 4.22. The number of piperidine rings is 1. The third-order valence-corrected chi connectivity index (χ3v) is 6.39. The molecule has 0 aliphatic carbocycles. The van der Waals surface area contributed by atoms with E-state index in [1.165, 1.54) is 0 Å². The highest BCUT2D eigenvalue weighted by atomic mass is 35.5. The minimum atomic E-state index is -0.807. The Hall–Kier alpha value is -2.24. The van der Waals surface area contributed by atoms with E-state index in [0.717, 1.165) is 29.7 Å². The van der Waals surface area contributed by atoms with Crippen molar-refractivity contribution in [3.63, 3.8) is 0 Å². The molecule has 2 heterocycles. The number of rotatable bonds is 3. The van der Waals surface area contributed by atoms with E-state index < -0.39 is 11.4 Å². The van der Waals surface area contributed by atoms with Gasteiger partial charge in [-0.05, 0) is 60.6 Å². The molecule has 7 heteroatoms. The number of carbonyl (C=O) groups excluding carboxylic acids is 2. The zero-order valence-electron chi connectivity index (χ0n) is 15.3. The number of anilines is 1. The summed E-state index contributed by atoms with van der Waals surface area (Å²) in [5, 5.41) is 4.21. The SMILES string of the molecule is NC(=O)N1CCCC(C2(Cc3cccc(Cl)c3)C(=O)Nc3cc(Cl)ccc32)C1. The molecule has 3 amide bonds. The molecule has 146 valence electrons. The Kier molecular flexibility index (Phi) is 4.98. The molecule has 0 bridgehead atoms. The van der Waals surface area contributed by atoms with Gasteiger partial charge in [0.05, 0.1) is 5.41 Å². The predicted molar refractivity (Wildman–Crippen MR) is 111 cm³/mol. The molecule has 2 aromatic carbocycles. The molecular weight excluding hydrogens is 397 g/mol. The first-order valence-electron chi connectivity index (χ1n) is 9.30. The van der Waals surface area contributed by atoms with Crippen LogP contribution in [-0.4, -0.2) is 29.9 Å². The molecule has 2 aromatic rings. The molecule has 0 saturated carbocycles. The maximum atomic E-state index is 13.4. The second-order valence-electron chi connectivity index (χ2n) is 7.55. The van der Waals surface area contributed by atoms with E-state index in [1.54, 1.807) is 11.0 Å². The van der Waals surface area contributed by atoms with Gasteiger partial charge in [-0.15, -0.1) is 0 Å². The van der Waals surface area contributed by atoms with Gasteiger partial charge in [0.1, 0.15) is 0 Å². The number of fused-ring (bicyclic) bond motifs is 1. The highest BCUT2D eigenvalue weighted by Gasteiger charge is 2.53. The largest absolute Gasteiger partial charge is 0.351 e. The minimum Gasteiger partial charge on any atom is -0.351 e. The first-order chi connectivity index (χ1) is 13.4. The van der Waals surface area contributed by atoms with Crippen molar-refractivity contribution in [1.29, 1.82) is 0 Å². The number of primary amides is 1. The van der Waals surface area contributed by atoms with Crippen LogP contribution in [-0.2, 0) is 16.6 Å². The molecule has 2 aliphatic rings. The summed E-state index contributed by atoms with van der Waals surface area (Å²) >= 11 is 12.4. The summed E-state index contributed by atoms with van der Waals surface area (Å²) < 4.78 is 0. The van der Waals surface area contributed by atoms with Gasteiger partial charge >= 0.3 is 6.03 Å². The zero-order valence-corrected chi connectivity index (χ0v) is 16.8. The quantitative estimate of drug-likeness (QED) is 0.784. The van der Waals surface area contributed by atoms with Crippen molar-refractivity contribution in [2.75, 3.05) is 18.4 Å². The molecule has 5 nitrogen and oxygen atoms in total. The Morgan fingerprint density at radius 3 is 2.75 bits per heavy atom. The van der Waals surface area contributed by atoms with Crippen LogP contribution in [0.25, 0.3) is 0 Å². The van der Waals surface area contributed by atoms with Crippen molar-refractivity contribution in [2.45, 2.75) is 24.7 Å². The van der Waals surface area contributed by atoms with Gasteiger partial charge in [0, 0.05) is 28.8 Å². The molecule has 28 heavy (non-hydrogen) atoms. The molecule has 0 aromatic heterocycles. The number of urea groups is 1. The van der Waals surface area contributed by atoms with Crippen LogP contribution in [0, 0.1) is 5.92 Å². The van der Waals surface area contributed by atoms with E-state index in [9.17, 15) is 9.59 Å². The standard InChI is InChI=1S/C21H21Cl2N3O2/c22-15-5-1-3-13(9-15)11-21(14-4-2-8-26(12-14)20(24)28)17-7-6-16(23)10-18(17)25-19(21)27/h1,3,5-7,9-10,14H,2,4,8,11-12H2,(H2,24,28)(H,25,27). The maximum Gasteiger partial charge on any atom is 0.314 e. The van der Waals surface area contributed by atoms with Crippen molar-refractivity contribution < 1.29 is 9.59 Å². The number of carbonyl (C=O) groups is 2. The van der Waals surface area contributed by atoms with Gasteiger partial charge in [0.2, 0.25) is 5.91 Å². The van der Waals surface area contributed by atoms with Crippen LogP contribution in [0.4, 0.5) is 10.5 Å². The molecule has 1 saturated heterocycles. The zero-order chi connectivity index (χ0) is 19.9. The number of benzene rings is 2. The Morgan fingerprint density at radius 1 is 1.21 bits per heavy atom. The minimum absolute atomic E-state index is 0.0600. The van der Waals surface area contributed by atoms with E-state index in [4.69, 9.17) is 28.9 Å². The molecule has 3 N–H and O–H groups in total. The second-order valence-corrected chi connectivity index (χ2v) is 8.42. The first kappa shape index (κ1) is 19.1. The highest BCUT2D eigenvalue weighted by Crippen LogP contribution is 2.48. The number of hydrogen-bond acceptors (Lipinski definition) is 2. The van der Waals surface area contributed by atoms with E-state index in [0.29, 0.717) is 29.6 Å². The molecular formula is C21H21Cl2N3O2. The first-order valence-corrected chi connectivity index (χ1v) is 10.1. The van der Waals surface area contributed by atoms with E-state index >= 15 is 0 Å². The Morgan fingerprint density at radius 2 is 2.00 bits per heavy atom. The maximum absolute atomic E-state index is 13.4. The summed E-state index contributed by atoms with van der Waals surface area (Å²) in [6.07, 6.45) is 2.13. The van der Waals surface area contributed by atoms with Gasteiger partial charge in [0.15, 0.2) is 0 Å². The van der Waals surface area contributed by atoms with Gasteiger partial charge in [-0.1, -0.05) is 41.4 Å². The molecule has 2 atom stereocenters. The Labute approximate surface area is 173 Å². The number of amides is 3. The molecule has 0 radical (unpaired) electrons. The fourth-order valence-corrected chi connectivity index (χ4v) is 5.02. The number of hydrogen-bond donors (Lipinski definition) is 2. The van der Waals surface area contributed by atoms with E-state index in [1.807, 2.05) is 36.4 Å². The second kappa shape index (κ2) is 7.30. The van der Waals surface area contributed by atoms with Gasteiger partial charge < -0.3 is 16.0 Å². The van der Waals surface area contributed by atoms with Crippen LogP contribution in [0.2, 0.25) is 10.0 Å². The number of likely N-dealkylation sites (tertiary alicyclic amines) is 1. The molecule has 2 unspecified atom stereocenters. The number of nitrogens with zero attached hydrogens (tertiary/aromatic N) is 1. The molecule has 4 rings (SSSR count). The van der Waals surface area contributed by atoms with Gasteiger partial charge in [-0.2, -0.15) is 0 Å². The summed E-state index contributed by atoms with van der Waals surface area (Å²) in [6, 6.07) is 12.6. The van der Waals surface area contributed by atoms with Gasteiger partial charge in [-0.25, -0.2) is 4.79 Å². The lowest BCUT2D eigenvalue weighted by Gasteiger charge is -2.42. The summed E-state index contributed by atoms with van der Waals surface area (Å²) in [7, 11) is 0. The number of nitrogens with one attached hydrogen (secondary N) is 1. The fourth-order valence-electron chi connectivity index (χ4n) is 4.64. The molecule has 1 fully saturated rings. The third-order valence-electron chi connectivity index (χ3n) is 5.92. The average molecular weight is 418 g/mol. The monoisotopic (exact) mass is 417 g/mol. The number of halogens is 2. The Balaban J connectivity index is 1.82. The summed E-state index contributed by atoms with van der Waals surface area (Å²) in [6.45, 7) is 1.07. The highest BCUT2D eigenvalue weighted by molar-refractivity contribution is 6.31. The van der Waals surface area contributed by atoms with Crippen molar-refractivity contribution in [1.82, 2.24) is 4.90 Å². The van der Waals surface area contributed by atoms with Gasteiger partial charge in [-0.3, -0.25) is 4.79 Å². The summed E-state index contributed by atoms with van der Waals surface area (Å²) in [4.78, 5) is 26.8. The van der Waals surface area contributed by atoms with Crippen LogP contribution >= 0.6 is 23.2 Å². The van der Waals surface area contributed by atoms with Crippen LogP contribution < -0.4 is 11.1 Å². The smallest absolute Gasteiger partial charge is 0.314 e. The average Bonchev–Trinajstić information content (AvgIpc) is 2.93. The Bertz CT molecular complexity index is 949. The van der Waals surface area contributed by atoms with Crippen molar-refractivity contribution in [3.8, 4) is 0 Å². The van der Waals surface area contributed by atoms with Crippen molar-refractivity contribution >= 4 is 40.8 Å². The lowest BCUT2D eigenvalue weighted by atomic mass is 9.65. The van der Waals surface area contributed by atoms with E-state index in [2.05, 4.69) is 5.32 Å². The molecule has 2 aliphatic heterocycles. The number of nitrogens with two attached hydrogens (primary N) is 1. The summed E-state index contributed by atoms with van der Waals surface area (Å²) in [5.74, 6) is -0.129. The van der Waals surface area contributed by atoms with Crippen LogP contribution in [0.1, 0.15) is 24.0 Å². The lowest BCUT2D eigenvalue weighted by Crippen LogP contribution is -2.53. The van der Waals surface area contributed by atoms with Gasteiger partial charge in [0.25, 0.3) is 0 Å². The van der Waals surface area contributed by atoms with Crippen molar-refractivity contribution in [2.24, 2.45) is 11.7 Å². The van der Waals surface area contributed by atoms with E-state index in [-0.39, 0.29) is 11.8 Å². The normalized spacial score (nSPS) is 24.0. The fraction of sp³-hybridized carbons (Fsp3) is 0.333. The molecule has 0 spiro atoms. The van der Waals surface area contributed by atoms with Crippen LogP contribution in [0.3, 0.4) is 0 Å². The third kappa shape index (κ3) is 3.23. The van der Waals surface area contributed by atoms with Crippen molar-refractivity contribution in [3.05, 3.63) is 63.6 Å². The summed E-state index contributed by atoms with van der Waals surface area (Å²) in [5.41, 5.74) is 7.36. The van der Waals surface area contributed by atoms with Crippen LogP contribution in [0.15, 0.2) is 42.5 Å². The lowest BCUT2D eigenvalue weighted by molar-refractivity contribution is -0.123. The van der Waals surface area contributed by atoms with Crippen LogP contribution in [0.5, 0.6) is 0 Å².